The maximum absolute atomic E-state index is 15.1. The van der Waals surface area contributed by atoms with E-state index in [9.17, 15) is 18.0 Å². The number of fused-ring (bicyclic) bond motifs is 1. The Morgan fingerprint density at radius 3 is 2.50 bits per heavy atom. The van der Waals surface area contributed by atoms with Gasteiger partial charge in [0.05, 0.1) is 44.0 Å². The van der Waals surface area contributed by atoms with Crippen molar-refractivity contribution in [2.75, 3.05) is 25.1 Å². The second-order valence-electron chi connectivity index (χ2n) is 9.40. The van der Waals surface area contributed by atoms with Gasteiger partial charge in [0.25, 0.3) is 5.56 Å². The molecule has 0 radical (unpaired) electrons. The first-order valence-electron chi connectivity index (χ1n) is 11.9. The van der Waals surface area contributed by atoms with Crippen LogP contribution in [0.4, 0.5) is 23.4 Å². The quantitative estimate of drug-likeness (QED) is 0.349. The minimum atomic E-state index is -4.90. The molecule has 198 valence electrons. The number of pyridine rings is 1. The molecule has 1 saturated heterocycles. The van der Waals surface area contributed by atoms with Crippen molar-refractivity contribution in [2.45, 2.75) is 31.2 Å². The number of benzene rings is 1. The molecule has 0 unspecified atom stereocenters. The molecule has 0 N–H and O–H groups in total. The Morgan fingerprint density at radius 2 is 1.84 bits per heavy atom. The number of hydrogen-bond donors (Lipinski definition) is 0. The van der Waals surface area contributed by atoms with Crippen molar-refractivity contribution in [1.82, 2.24) is 24.3 Å². The predicted molar refractivity (Wildman–Crippen MR) is 129 cm³/mol. The Bertz CT molecular complexity index is 1610. The summed E-state index contributed by atoms with van der Waals surface area (Å²) < 4.78 is 69.3. The Labute approximate surface area is 213 Å². The predicted octanol–water partition coefficient (Wildman–Crippen LogP) is 3.96. The van der Waals surface area contributed by atoms with Gasteiger partial charge in [0.1, 0.15) is 34.7 Å². The molecule has 38 heavy (non-hydrogen) atoms. The third-order valence-electron chi connectivity index (χ3n) is 6.71. The Morgan fingerprint density at radius 1 is 1.08 bits per heavy atom. The van der Waals surface area contributed by atoms with Crippen LogP contribution in [-0.2, 0) is 13.2 Å². The number of nitrogens with zero attached hydrogens (tertiary/aromatic N) is 6. The van der Waals surface area contributed by atoms with E-state index in [1.165, 1.54) is 25.3 Å². The third kappa shape index (κ3) is 4.21. The summed E-state index contributed by atoms with van der Waals surface area (Å²) in [7, 11) is 2.36. The number of alkyl halides is 3. The maximum atomic E-state index is 15.1. The fourth-order valence-electron chi connectivity index (χ4n) is 4.49. The number of anilines is 1. The molecule has 0 spiro atoms. The highest BCUT2D eigenvalue weighted by atomic mass is 19.4. The molecule has 1 aliphatic heterocycles. The van der Waals surface area contributed by atoms with E-state index >= 15 is 4.39 Å². The summed E-state index contributed by atoms with van der Waals surface area (Å²) in [5.74, 6) is -1.01. The SMILES string of the molecule is COc1ccc(-c2nc(N3CC(Oc4cnn(C5CC5)c4)C3)cc3c(=O)n(C)c(C(F)(F)F)nc23)c(F)c1. The summed E-state index contributed by atoms with van der Waals surface area (Å²) >= 11 is 0. The molecular weight excluding hydrogens is 508 g/mol. The largest absolute Gasteiger partial charge is 0.497 e. The summed E-state index contributed by atoms with van der Waals surface area (Å²) in [5.41, 5.74) is -1.53. The summed E-state index contributed by atoms with van der Waals surface area (Å²) in [6, 6.07) is 5.71. The Hall–Kier alpha value is -4.16. The van der Waals surface area contributed by atoms with Gasteiger partial charge in [0.15, 0.2) is 5.75 Å². The lowest BCUT2D eigenvalue weighted by Crippen LogP contribution is -2.54. The normalized spacial score (nSPS) is 16.1. The van der Waals surface area contributed by atoms with Crippen LogP contribution in [0.3, 0.4) is 0 Å². The highest BCUT2D eigenvalue weighted by molar-refractivity contribution is 5.93. The molecule has 0 atom stereocenters. The summed E-state index contributed by atoms with van der Waals surface area (Å²) in [4.78, 5) is 23.0. The fourth-order valence-corrected chi connectivity index (χ4v) is 4.49. The molecular formula is C25H22F4N6O3. The molecule has 2 fully saturated rings. The molecule has 6 rings (SSSR count). The van der Waals surface area contributed by atoms with Crippen LogP contribution in [-0.4, -0.2) is 50.6 Å². The number of ether oxygens (including phenoxy) is 2. The van der Waals surface area contributed by atoms with Crippen molar-refractivity contribution in [3.8, 4) is 22.8 Å². The maximum Gasteiger partial charge on any atom is 0.449 e. The monoisotopic (exact) mass is 530 g/mol. The Kier molecular flexibility index (Phi) is 5.54. The molecule has 1 saturated carbocycles. The minimum Gasteiger partial charge on any atom is -0.497 e. The van der Waals surface area contributed by atoms with E-state index in [1.54, 1.807) is 11.1 Å². The smallest absolute Gasteiger partial charge is 0.449 e. The van der Waals surface area contributed by atoms with Gasteiger partial charge in [-0.2, -0.15) is 18.3 Å². The number of rotatable bonds is 6. The average Bonchev–Trinajstić information content (AvgIpc) is 3.60. The van der Waals surface area contributed by atoms with Crippen molar-refractivity contribution in [2.24, 2.45) is 7.05 Å². The molecule has 9 nitrogen and oxygen atoms in total. The second-order valence-corrected chi connectivity index (χ2v) is 9.40. The lowest BCUT2D eigenvalue weighted by atomic mass is 10.1. The van der Waals surface area contributed by atoms with Crippen LogP contribution in [0, 0.1) is 5.82 Å². The molecule has 4 heterocycles. The van der Waals surface area contributed by atoms with Crippen LogP contribution in [0.1, 0.15) is 24.7 Å². The second kappa shape index (κ2) is 8.71. The van der Waals surface area contributed by atoms with E-state index in [4.69, 9.17) is 9.47 Å². The van der Waals surface area contributed by atoms with Crippen LogP contribution in [0.25, 0.3) is 22.2 Å². The van der Waals surface area contributed by atoms with E-state index in [-0.39, 0.29) is 34.0 Å². The van der Waals surface area contributed by atoms with Gasteiger partial charge in [-0.15, -0.1) is 0 Å². The van der Waals surface area contributed by atoms with Crippen LogP contribution >= 0.6 is 0 Å². The molecule has 1 aliphatic carbocycles. The molecule has 2 aliphatic rings. The van der Waals surface area contributed by atoms with Gasteiger partial charge < -0.3 is 14.4 Å². The highest BCUT2D eigenvalue weighted by Crippen LogP contribution is 2.37. The molecule has 4 aromatic rings. The van der Waals surface area contributed by atoms with E-state index in [1.807, 2.05) is 10.9 Å². The molecule has 1 aromatic carbocycles. The topological polar surface area (TPSA) is 87.3 Å². The van der Waals surface area contributed by atoms with Gasteiger partial charge in [-0.1, -0.05) is 0 Å². The van der Waals surface area contributed by atoms with Crippen molar-refractivity contribution in [3.63, 3.8) is 0 Å². The highest BCUT2D eigenvalue weighted by Gasteiger charge is 2.38. The van der Waals surface area contributed by atoms with Gasteiger partial charge in [-0.05, 0) is 31.0 Å². The number of halogens is 4. The zero-order chi connectivity index (χ0) is 26.8. The van der Waals surface area contributed by atoms with Gasteiger partial charge in [0.2, 0.25) is 5.82 Å². The fraction of sp³-hybridized carbons (Fsp3) is 0.360. The van der Waals surface area contributed by atoms with Crippen LogP contribution in [0.15, 0.2) is 41.5 Å². The van der Waals surface area contributed by atoms with Crippen LogP contribution in [0.2, 0.25) is 0 Å². The standard InChI is InChI=1S/C25H22F4N6O3/c1-33-23(36)18-8-20(34-10-16(11-34)38-15-9-30-35(12-15)13-3-4-13)31-21(22(18)32-24(33)25(27,28)29)17-6-5-14(37-2)7-19(17)26/h5-9,12-13,16H,3-4,10-11H2,1-2H3. The van der Waals surface area contributed by atoms with E-state index < -0.39 is 23.4 Å². The molecule has 13 heteroatoms. The molecule has 0 bridgehead atoms. The summed E-state index contributed by atoms with van der Waals surface area (Å²) in [6.45, 7) is 0.818. The lowest BCUT2D eigenvalue weighted by Gasteiger charge is -2.39. The van der Waals surface area contributed by atoms with E-state index in [0.717, 1.165) is 26.0 Å². The van der Waals surface area contributed by atoms with Crippen molar-refractivity contribution < 1.29 is 27.0 Å². The average molecular weight is 530 g/mol. The van der Waals surface area contributed by atoms with Crippen LogP contribution < -0.4 is 19.9 Å². The molecule has 0 amide bonds. The number of hydrogen-bond acceptors (Lipinski definition) is 7. The van der Waals surface area contributed by atoms with Crippen molar-refractivity contribution >= 4 is 16.7 Å². The zero-order valence-electron chi connectivity index (χ0n) is 20.4. The van der Waals surface area contributed by atoms with Crippen molar-refractivity contribution in [1.29, 1.82) is 0 Å². The first kappa shape index (κ1) is 24.2. The van der Waals surface area contributed by atoms with Crippen LogP contribution in [0.5, 0.6) is 11.5 Å². The zero-order valence-corrected chi connectivity index (χ0v) is 20.4. The van der Waals surface area contributed by atoms with Gasteiger partial charge in [0, 0.05) is 18.7 Å². The van der Waals surface area contributed by atoms with E-state index in [0.29, 0.717) is 35.3 Å². The van der Waals surface area contributed by atoms with Gasteiger partial charge in [-0.25, -0.2) is 14.4 Å². The Balaban J connectivity index is 1.38. The lowest BCUT2D eigenvalue weighted by molar-refractivity contribution is -0.147. The summed E-state index contributed by atoms with van der Waals surface area (Å²) in [6.07, 6.45) is 0.634. The number of aromatic nitrogens is 5. The first-order valence-corrected chi connectivity index (χ1v) is 11.9. The van der Waals surface area contributed by atoms with E-state index in [2.05, 4.69) is 15.1 Å². The first-order chi connectivity index (χ1) is 18.1. The minimum absolute atomic E-state index is 0.104. The number of methoxy groups -OCH3 is 1. The summed E-state index contributed by atoms with van der Waals surface area (Å²) in [5, 5.41) is 4.20. The molecule has 3 aromatic heterocycles. The third-order valence-corrected chi connectivity index (χ3v) is 6.71. The van der Waals surface area contributed by atoms with Gasteiger partial charge in [-0.3, -0.25) is 14.0 Å². The van der Waals surface area contributed by atoms with Crippen molar-refractivity contribution in [3.05, 3.63) is 58.7 Å². The van der Waals surface area contributed by atoms with Gasteiger partial charge >= 0.3 is 6.18 Å².